The first-order chi connectivity index (χ1) is 13.8. The summed E-state index contributed by atoms with van der Waals surface area (Å²) in [5.41, 5.74) is -0.887. The van der Waals surface area contributed by atoms with Gasteiger partial charge in [-0.1, -0.05) is 0 Å². The molecule has 10 nitrogen and oxygen atoms in total. The molecule has 1 N–H and O–H groups in total. The first-order valence-corrected chi connectivity index (χ1v) is 10.1. The highest BCUT2D eigenvalue weighted by Crippen LogP contribution is 2.42. The Morgan fingerprint density at radius 2 is 1.86 bits per heavy atom. The third-order valence-electron chi connectivity index (χ3n) is 6.89. The summed E-state index contributed by atoms with van der Waals surface area (Å²) >= 11 is 0. The molecule has 0 aromatic rings. The molecule has 4 aliphatic rings. The summed E-state index contributed by atoms with van der Waals surface area (Å²) in [6.45, 7) is 3.80. The van der Waals surface area contributed by atoms with Crippen LogP contribution in [0.1, 0.15) is 26.2 Å². The number of imide groups is 1. The Kier molecular flexibility index (Phi) is 5.12. The van der Waals surface area contributed by atoms with Crippen LogP contribution in [0.25, 0.3) is 0 Å². The number of likely N-dealkylation sites (tertiary alicyclic amines) is 2. The number of aliphatic hydroxyl groups is 1. The maximum atomic E-state index is 13.3. The van der Waals surface area contributed by atoms with Crippen LogP contribution in [0.2, 0.25) is 0 Å². The minimum absolute atomic E-state index is 0.0804. The number of ether oxygens (including phenoxy) is 1. The number of amides is 3. The van der Waals surface area contributed by atoms with Crippen molar-refractivity contribution in [1.82, 2.24) is 19.6 Å². The van der Waals surface area contributed by atoms with Gasteiger partial charge < -0.3 is 14.7 Å². The van der Waals surface area contributed by atoms with E-state index < -0.39 is 36.1 Å². The molecule has 0 aromatic heterocycles. The highest BCUT2D eigenvalue weighted by molar-refractivity contribution is 6.07. The molecule has 0 saturated carbocycles. The Hall–Kier alpha value is -2.04. The van der Waals surface area contributed by atoms with Crippen molar-refractivity contribution in [3.63, 3.8) is 0 Å². The first kappa shape index (κ1) is 20.2. The summed E-state index contributed by atoms with van der Waals surface area (Å²) in [6.07, 6.45) is 1.30. The maximum absolute atomic E-state index is 13.3. The smallest absolute Gasteiger partial charge is 0.325 e. The fourth-order valence-electron chi connectivity index (χ4n) is 5.27. The summed E-state index contributed by atoms with van der Waals surface area (Å²) < 4.78 is 4.66. The van der Waals surface area contributed by atoms with Crippen molar-refractivity contribution in [3.05, 3.63) is 0 Å². The van der Waals surface area contributed by atoms with Gasteiger partial charge in [0, 0.05) is 45.7 Å². The van der Waals surface area contributed by atoms with Crippen molar-refractivity contribution in [2.24, 2.45) is 0 Å². The largest absolute Gasteiger partial charge is 0.468 e. The van der Waals surface area contributed by atoms with Gasteiger partial charge in [0.15, 0.2) is 0 Å². The average Bonchev–Trinajstić information content (AvgIpc) is 3.06. The number of carbonyl (C=O) groups excluding carboxylic acids is 4. The molecule has 2 unspecified atom stereocenters. The molecular formula is C19H28N4O6. The van der Waals surface area contributed by atoms with Crippen LogP contribution in [0.15, 0.2) is 0 Å². The molecule has 0 aliphatic carbocycles. The van der Waals surface area contributed by atoms with Crippen LogP contribution in [0, 0.1) is 0 Å². The van der Waals surface area contributed by atoms with Gasteiger partial charge in [-0.2, -0.15) is 0 Å². The Balaban J connectivity index is 1.50. The van der Waals surface area contributed by atoms with Crippen LogP contribution in [0.3, 0.4) is 0 Å². The number of hydrogen-bond donors (Lipinski definition) is 1. The standard InChI is InChI=1S/C19H28N4O6/c1-12(24)20-5-3-13(4-6-20)21-10-19(11-21)18(28)22(9-16(26)29-2)17(27)15-7-14(25)8-23(15)19/h13-15,25H,3-11H2,1-2H3. The lowest BCUT2D eigenvalue weighted by molar-refractivity contribution is -0.185. The van der Waals surface area contributed by atoms with Gasteiger partial charge in [-0.3, -0.25) is 33.9 Å². The molecule has 1 spiro atoms. The lowest BCUT2D eigenvalue weighted by Crippen LogP contribution is -2.82. The van der Waals surface area contributed by atoms with Crippen molar-refractivity contribution in [2.45, 2.75) is 49.9 Å². The molecular weight excluding hydrogens is 380 g/mol. The average molecular weight is 408 g/mol. The normalized spacial score (nSPS) is 30.4. The van der Waals surface area contributed by atoms with Gasteiger partial charge in [0.25, 0.3) is 5.91 Å². The highest BCUT2D eigenvalue weighted by atomic mass is 16.5. The van der Waals surface area contributed by atoms with Crippen molar-refractivity contribution in [2.75, 3.05) is 46.4 Å². The fourth-order valence-corrected chi connectivity index (χ4v) is 5.27. The molecule has 4 saturated heterocycles. The number of aliphatic hydroxyl groups excluding tert-OH is 1. The SMILES string of the molecule is COC(=O)CN1C(=O)C2CC(O)CN2C2(CN(C3CCN(C(C)=O)CC3)C2)C1=O. The number of hydrogen-bond acceptors (Lipinski definition) is 8. The first-order valence-electron chi connectivity index (χ1n) is 10.1. The maximum Gasteiger partial charge on any atom is 0.325 e. The molecule has 29 heavy (non-hydrogen) atoms. The molecule has 160 valence electrons. The number of esters is 1. The zero-order valence-electron chi connectivity index (χ0n) is 16.9. The Morgan fingerprint density at radius 1 is 1.21 bits per heavy atom. The van der Waals surface area contributed by atoms with Crippen LogP contribution in [-0.2, 0) is 23.9 Å². The second-order valence-electron chi connectivity index (χ2n) is 8.54. The molecule has 3 amide bonds. The predicted octanol–water partition coefficient (Wildman–Crippen LogP) is -1.97. The van der Waals surface area contributed by atoms with Crippen LogP contribution >= 0.6 is 0 Å². The lowest BCUT2D eigenvalue weighted by atomic mass is 9.80. The van der Waals surface area contributed by atoms with E-state index in [2.05, 4.69) is 9.64 Å². The number of β-amino-alcohol motifs (C(OH)–C–C–N with tert-alkyl or cyclic N) is 1. The van der Waals surface area contributed by atoms with Gasteiger partial charge in [-0.15, -0.1) is 0 Å². The third-order valence-corrected chi connectivity index (χ3v) is 6.89. The molecule has 0 radical (unpaired) electrons. The molecule has 0 aromatic carbocycles. The number of carbonyl (C=O) groups is 4. The number of rotatable bonds is 3. The topological polar surface area (TPSA) is 111 Å². The summed E-state index contributed by atoms with van der Waals surface area (Å²) in [4.78, 5) is 56.4. The number of piperidine rings is 1. The summed E-state index contributed by atoms with van der Waals surface area (Å²) in [7, 11) is 1.22. The van der Waals surface area contributed by atoms with Crippen LogP contribution in [0.5, 0.6) is 0 Å². The minimum atomic E-state index is -0.887. The minimum Gasteiger partial charge on any atom is -0.468 e. The zero-order valence-corrected chi connectivity index (χ0v) is 16.9. The number of piperazine rings is 1. The highest BCUT2D eigenvalue weighted by Gasteiger charge is 2.65. The van der Waals surface area contributed by atoms with E-state index >= 15 is 0 Å². The molecule has 0 bridgehead atoms. The van der Waals surface area contributed by atoms with E-state index in [4.69, 9.17) is 0 Å². The Morgan fingerprint density at radius 3 is 2.45 bits per heavy atom. The Bertz CT molecular complexity index is 728. The van der Waals surface area contributed by atoms with E-state index in [0.717, 1.165) is 17.7 Å². The summed E-state index contributed by atoms with van der Waals surface area (Å²) in [5, 5.41) is 10.2. The number of fused-ring (bicyclic) bond motifs is 2. The van der Waals surface area contributed by atoms with E-state index in [0.29, 0.717) is 26.2 Å². The van der Waals surface area contributed by atoms with Gasteiger partial charge in [0.1, 0.15) is 12.1 Å². The second kappa shape index (κ2) is 7.33. The van der Waals surface area contributed by atoms with Crippen molar-refractivity contribution >= 4 is 23.7 Å². The Labute approximate surface area is 169 Å². The second-order valence-corrected chi connectivity index (χ2v) is 8.54. The fraction of sp³-hybridized carbons (Fsp3) is 0.789. The number of methoxy groups -OCH3 is 1. The van der Waals surface area contributed by atoms with Gasteiger partial charge in [-0.05, 0) is 19.3 Å². The van der Waals surface area contributed by atoms with Crippen LogP contribution in [-0.4, -0.2) is 119 Å². The summed E-state index contributed by atoms with van der Waals surface area (Å²) in [6, 6.07) is -0.309. The van der Waals surface area contributed by atoms with Crippen molar-refractivity contribution < 1.29 is 29.0 Å². The molecule has 4 rings (SSSR count). The van der Waals surface area contributed by atoms with E-state index in [1.807, 2.05) is 9.80 Å². The molecule has 2 atom stereocenters. The van der Waals surface area contributed by atoms with Crippen LogP contribution < -0.4 is 0 Å². The van der Waals surface area contributed by atoms with Gasteiger partial charge in [0.2, 0.25) is 11.8 Å². The van der Waals surface area contributed by atoms with Crippen molar-refractivity contribution in [1.29, 1.82) is 0 Å². The number of nitrogens with zero attached hydrogens (tertiary/aromatic N) is 4. The van der Waals surface area contributed by atoms with Gasteiger partial charge in [-0.25, -0.2) is 0 Å². The van der Waals surface area contributed by atoms with E-state index in [9.17, 15) is 24.3 Å². The molecule has 10 heteroatoms. The van der Waals surface area contributed by atoms with E-state index in [1.54, 1.807) is 6.92 Å². The van der Waals surface area contributed by atoms with E-state index in [-0.39, 0.29) is 30.8 Å². The molecule has 4 heterocycles. The zero-order chi connectivity index (χ0) is 20.9. The molecule has 4 fully saturated rings. The summed E-state index contributed by atoms with van der Waals surface area (Å²) in [5.74, 6) is -1.37. The predicted molar refractivity (Wildman–Crippen MR) is 99.4 cm³/mol. The third kappa shape index (κ3) is 3.23. The quantitative estimate of drug-likeness (QED) is 0.423. The lowest BCUT2D eigenvalue weighted by Gasteiger charge is -2.60. The molecule has 4 aliphatic heterocycles. The van der Waals surface area contributed by atoms with Gasteiger partial charge in [0.05, 0.1) is 19.3 Å². The van der Waals surface area contributed by atoms with Gasteiger partial charge >= 0.3 is 5.97 Å². The van der Waals surface area contributed by atoms with Crippen molar-refractivity contribution in [3.8, 4) is 0 Å². The monoisotopic (exact) mass is 408 g/mol. The van der Waals surface area contributed by atoms with Crippen LogP contribution in [0.4, 0.5) is 0 Å². The van der Waals surface area contributed by atoms with E-state index in [1.165, 1.54) is 7.11 Å².